The summed E-state index contributed by atoms with van der Waals surface area (Å²) in [5, 5.41) is 3.39. The van der Waals surface area contributed by atoms with E-state index in [0.717, 1.165) is 17.7 Å². The van der Waals surface area contributed by atoms with Gasteiger partial charge in [0.15, 0.2) is 0 Å². The highest BCUT2D eigenvalue weighted by Crippen LogP contribution is 2.21. The van der Waals surface area contributed by atoms with Crippen LogP contribution >= 0.6 is 0 Å². The number of hydrogen-bond acceptors (Lipinski definition) is 2. The molecule has 1 aromatic carbocycles. The fraction of sp³-hybridized carbons (Fsp3) is 0.312. The van der Waals surface area contributed by atoms with Gasteiger partial charge in [-0.05, 0) is 43.2 Å². The Labute approximate surface area is 117 Å². The number of aromatic nitrogens is 1. The standard InChI is InChI=1S/C16H18F2N2/c1-3-15(16-8-7-14(18)10-19-16)20-11(2)12-5-4-6-13(17)9-12/h4-11,15,20H,3H2,1-2H3/t11-,15?/m1/s1. The maximum absolute atomic E-state index is 13.2. The van der Waals surface area contributed by atoms with Crippen LogP contribution in [0.5, 0.6) is 0 Å². The fourth-order valence-corrected chi connectivity index (χ4v) is 2.18. The van der Waals surface area contributed by atoms with Crippen molar-refractivity contribution in [2.24, 2.45) is 0 Å². The second-order valence-electron chi connectivity index (χ2n) is 4.81. The highest BCUT2D eigenvalue weighted by atomic mass is 19.1. The Kier molecular flexibility index (Phi) is 4.79. The topological polar surface area (TPSA) is 24.9 Å². The predicted octanol–water partition coefficient (Wildman–Crippen LogP) is 4.16. The van der Waals surface area contributed by atoms with Crippen molar-refractivity contribution in [3.63, 3.8) is 0 Å². The number of hydrogen-bond donors (Lipinski definition) is 1. The normalized spacial score (nSPS) is 14.0. The second kappa shape index (κ2) is 6.57. The molecule has 106 valence electrons. The van der Waals surface area contributed by atoms with Crippen LogP contribution in [-0.4, -0.2) is 4.98 Å². The molecule has 2 rings (SSSR count). The van der Waals surface area contributed by atoms with Crippen LogP contribution in [0, 0.1) is 11.6 Å². The van der Waals surface area contributed by atoms with Gasteiger partial charge in [0.05, 0.1) is 11.9 Å². The monoisotopic (exact) mass is 276 g/mol. The molecular weight excluding hydrogens is 258 g/mol. The zero-order chi connectivity index (χ0) is 14.5. The minimum Gasteiger partial charge on any atom is -0.302 e. The lowest BCUT2D eigenvalue weighted by atomic mass is 10.0. The van der Waals surface area contributed by atoms with Crippen molar-refractivity contribution in [1.82, 2.24) is 10.3 Å². The average Bonchev–Trinajstić information content (AvgIpc) is 2.45. The molecule has 1 heterocycles. The highest BCUT2D eigenvalue weighted by molar-refractivity contribution is 5.20. The first-order chi connectivity index (χ1) is 9.60. The summed E-state index contributed by atoms with van der Waals surface area (Å²) < 4.78 is 26.1. The zero-order valence-corrected chi connectivity index (χ0v) is 11.6. The van der Waals surface area contributed by atoms with E-state index in [4.69, 9.17) is 0 Å². The quantitative estimate of drug-likeness (QED) is 0.887. The van der Waals surface area contributed by atoms with Crippen LogP contribution in [0.1, 0.15) is 43.6 Å². The summed E-state index contributed by atoms with van der Waals surface area (Å²) in [4.78, 5) is 4.10. The van der Waals surface area contributed by atoms with E-state index in [9.17, 15) is 8.78 Å². The minimum absolute atomic E-state index is 0.00821. The first-order valence-electron chi connectivity index (χ1n) is 6.73. The molecule has 2 nitrogen and oxygen atoms in total. The van der Waals surface area contributed by atoms with Crippen LogP contribution in [0.2, 0.25) is 0 Å². The van der Waals surface area contributed by atoms with E-state index in [1.807, 2.05) is 19.9 Å². The van der Waals surface area contributed by atoms with Crippen LogP contribution in [0.3, 0.4) is 0 Å². The fourth-order valence-electron chi connectivity index (χ4n) is 2.18. The molecule has 2 aromatic rings. The van der Waals surface area contributed by atoms with Gasteiger partial charge in [0, 0.05) is 12.1 Å². The van der Waals surface area contributed by atoms with E-state index in [2.05, 4.69) is 10.3 Å². The number of halogens is 2. The van der Waals surface area contributed by atoms with Gasteiger partial charge < -0.3 is 5.32 Å². The molecule has 0 aliphatic heterocycles. The number of pyridine rings is 1. The summed E-state index contributed by atoms with van der Waals surface area (Å²) in [6, 6.07) is 9.59. The smallest absolute Gasteiger partial charge is 0.141 e. The Balaban J connectivity index is 2.11. The molecule has 0 amide bonds. The number of nitrogens with one attached hydrogen (secondary N) is 1. The highest BCUT2D eigenvalue weighted by Gasteiger charge is 2.15. The van der Waals surface area contributed by atoms with Gasteiger partial charge >= 0.3 is 0 Å². The molecule has 4 heteroatoms. The molecule has 0 aliphatic carbocycles. The van der Waals surface area contributed by atoms with Crippen LogP contribution in [0.4, 0.5) is 8.78 Å². The molecule has 0 fully saturated rings. The molecular formula is C16H18F2N2. The van der Waals surface area contributed by atoms with Crippen molar-refractivity contribution in [2.75, 3.05) is 0 Å². The van der Waals surface area contributed by atoms with Crippen molar-refractivity contribution in [2.45, 2.75) is 32.4 Å². The molecule has 1 aromatic heterocycles. The summed E-state index contributed by atoms with van der Waals surface area (Å²) in [5.74, 6) is -0.592. The molecule has 0 spiro atoms. The molecule has 1 unspecified atom stereocenters. The molecule has 0 bridgehead atoms. The van der Waals surface area contributed by atoms with E-state index in [1.165, 1.54) is 24.4 Å². The van der Waals surface area contributed by atoms with Gasteiger partial charge in [-0.3, -0.25) is 4.98 Å². The zero-order valence-electron chi connectivity index (χ0n) is 11.6. The maximum atomic E-state index is 13.2. The third kappa shape index (κ3) is 3.61. The van der Waals surface area contributed by atoms with Crippen molar-refractivity contribution >= 4 is 0 Å². The lowest BCUT2D eigenvalue weighted by molar-refractivity contribution is 0.445. The number of benzene rings is 1. The van der Waals surface area contributed by atoms with Crippen LogP contribution < -0.4 is 5.32 Å². The summed E-state index contributed by atoms with van der Waals surface area (Å²) in [6.07, 6.45) is 2.03. The van der Waals surface area contributed by atoms with E-state index < -0.39 is 0 Å². The summed E-state index contributed by atoms with van der Waals surface area (Å²) >= 11 is 0. The van der Waals surface area contributed by atoms with Crippen molar-refractivity contribution in [3.05, 3.63) is 65.5 Å². The lowest BCUT2D eigenvalue weighted by Gasteiger charge is -2.22. The van der Waals surface area contributed by atoms with Gasteiger partial charge in [-0.2, -0.15) is 0 Å². The Bertz CT molecular complexity index is 555. The van der Waals surface area contributed by atoms with Gasteiger partial charge in [-0.25, -0.2) is 8.78 Å². The minimum atomic E-state index is -0.346. The molecule has 0 aliphatic rings. The molecule has 0 saturated carbocycles. The van der Waals surface area contributed by atoms with Crippen molar-refractivity contribution in [1.29, 1.82) is 0 Å². The molecule has 0 radical (unpaired) electrons. The summed E-state index contributed by atoms with van der Waals surface area (Å²) in [5.41, 5.74) is 1.67. The van der Waals surface area contributed by atoms with Gasteiger partial charge in [-0.15, -0.1) is 0 Å². The van der Waals surface area contributed by atoms with E-state index >= 15 is 0 Å². The Morgan fingerprint density at radius 3 is 2.55 bits per heavy atom. The first kappa shape index (κ1) is 14.6. The van der Waals surface area contributed by atoms with Crippen LogP contribution in [0.15, 0.2) is 42.6 Å². The van der Waals surface area contributed by atoms with E-state index in [0.29, 0.717) is 0 Å². The van der Waals surface area contributed by atoms with Crippen LogP contribution in [-0.2, 0) is 0 Å². The molecule has 0 saturated heterocycles. The SMILES string of the molecule is CCC(N[C@H](C)c1cccc(F)c1)c1ccc(F)cn1. The van der Waals surface area contributed by atoms with E-state index in [1.54, 1.807) is 12.1 Å². The third-order valence-electron chi connectivity index (χ3n) is 3.32. The van der Waals surface area contributed by atoms with Gasteiger partial charge in [0.25, 0.3) is 0 Å². The third-order valence-corrected chi connectivity index (χ3v) is 3.32. The summed E-state index contributed by atoms with van der Waals surface area (Å²) in [6.45, 7) is 4.00. The molecule has 20 heavy (non-hydrogen) atoms. The predicted molar refractivity (Wildman–Crippen MR) is 75.2 cm³/mol. The average molecular weight is 276 g/mol. The largest absolute Gasteiger partial charge is 0.302 e. The van der Waals surface area contributed by atoms with Crippen molar-refractivity contribution in [3.8, 4) is 0 Å². The second-order valence-corrected chi connectivity index (χ2v) is 4.81. The Morgan fingerprint density at radius 1 is 1.15 bits per heavy atom. The number of nitrogens with zero attached hydrogens (tertiary/aromatic N) is 1. The maximum Gasteiger partial charge on any atom is 0.141 e. The summed E-state index contributed by atoms with van der Waals surface area (Å²) in [7, 11) is 0. The van der Waals surface area contributed by atoms with E-state index in [-0.39, 0.29) is 23.7 Å². The van der Waals surface area contributed by atoms with Gasteiger partial charge in [0.1, 0.15) is 11.6 Å². The molecule has 1 N–H and O–H groups in total. The first-order valence-corrected chi connectivity index (χ1v) is 6.73. The van der Waals surface area contributed by atoms with Gasteiger partial charge in [0.2, 0.25) is 0 Å². The lowest BCUT2D eigenvalue weighted by Crippen LogP contribution is -2.25. The Morgan fingerprint density at radius 2 is 1.95 bits per heavy atom. The number of rotatable bonds is 5. The van der Waals surface area contributed by atoms with Crippen LogP contribution in [0.25, 0.3) is 0 Å². The Hall–Kier alpha value is -1.81. The van der Waals surface area contributed by atoms with Gasteiger partial charge in [-0.1, -0.05) is 19.1 Å². The van der Waals surface area contributed by atoms with Crippen molar-refractivity contribution < 1.29 is 8.78 Å². The molecule has 2 atom stereocenters.